The summed E-state index contributed by atoms with van der Waals surface area (Å²) < 4.78 is 0. The van der Waals surface area contributed by atoms with E-state index < -0.39 is 0 Å². The summed E-state index contributed by atoms with van der Waals surface area (Å²) in [5, 5.41) is 0. The Balaban J connectivity index is 2.66. The van der Waals surface area contributed by atoms with Gasteiger partial charge in [0.15, 0.2) is 0 Å². The van der Waals surface area contributed by atoms with Gasteiger partial charge in [-0.25, -0.2) is 0 Å². The van der Waals surface area contributed by atoms with Crippen molar-refractivity contribution in [1.29, 1.82) is 0 Å². The van der Waals surface area contributed by atoms with Crippen LogP contribution in [-0.4, -0.2) is 49.1 Å². The van der Waals surface area contributed by atoms with Crippen molar-refractivity contribution in [3.63, 3.8) is 0 Å². The Morgan fingerprint density at radius 2 is 1.95 bits per heavy atom. The van der Waals surface area contributed by atoms with Crippen LogP contribution in [-0.2, 0) is 0 Å². The van der Waals surface area contributed by atoms with Crippen molar-refractivity contribution in [2.45, 2.75) is 39.7 Å². The molecule has 0 amide bonds. The maximum Gasteiger partial charge on any atom is 0.0904 e. The molecule has 1 atom stereocenters. The van der Waals surface area contributed by atoms with Crippen LogP contribution in [0.5, 0.6) is 0 Å². The first-order valence-corrected chi connectivity index (χ1v) is 7.39. The van der Waals surface area contributed by atoms with Gasteiger partial charge in [0.2, 0.25) is 0 Å². The number of likely N-dealkylation sites (N-methyl/N-ethyl adjacent to an activating group) is 1. The molecule has 0 aromatic rings. The van der Waals surface area contributed by atoms with Crippen molar-refractivity contribution in [3.05, 3.63) is 23.8 Å². The molecule has 106 valence electrons. The van der Waals surface area contributed by atoms with Crippen molar-refractivity contribution in [2.24, 2.45) is 0 Å². The highest BCUT2D eigenvalue weighted by atomic mass is 15.3. The van der Waals surface area contributed by atoms with Crippen LogP contribution in [0.15, 0.2) is 23.8 Å². The number of hydrogen-bond donors (Lipinski definition) is 0. The molecule has 0 aromatic carbocycles. The molecule has 1 rings (SSSR count). The van der Waals surface area contributed by atoms with Crippen LogP contribution >= 0.6 is 0 Å². The van der Waals surface area contributed by atoms with E-state index in [0.29, 0.717) is 0 Å². The van der Waals surface area contributed by atoms with Gasteiger partial charge in [-0.3, -0.25) is 4.90 Å². The van der Waals surface area contributed by atoms with E-state index in [1.54, 1.807) is 0 Å². The predicted molar refractivity (Wildman–Crippen MR) is 84.1 cm³/mol. The lowest BCUT2D eigenvalue weighted by molar-refractivity contribution is 0.148. The van der Waals surface area contributed by atoms with Gasteiger partial charge in [-0.15, -0.1) is 5.92 Å². The summed E-state index contributed by atoms with van der Waals surface area (Å²) in [4.78, 5) is 4.86. The summed E-state index contributed by atoms with van der Waals surface area (Å²) >= 11 is 0. The zero-order chi connectivity index (χ0) is 14.1. The zero-order valence-corrected chi connectivity index (χ0v) is 12.9. The fourth-order valence-corrected chi connectivity index (χ4v) is 2.34. The van der Waals surface area contributed by atoms with E-state index in [9.17, 15) is 0 Å². The molecule has 1 unspecified atom stereocenters. The number of piperazine rings is 1. The highest BCUT2D eigenvalue weighted by Gasteiger charge is 2.18. The summed E-state index contributed by atoms with van der Waals surface area (Å²) in [7, 11) is 2.19. The van der Waals surface area contributed by atoms with E-state index in [1.165, 1.54) is 12.0 Å². The second-order valence-electron chi connectivity index (χ2n) is 5.15. The van der Waals surface area contributed by atoms with Crippen LogP contribution in [0.3, 0.4) is 0 Å². The van der Waals surface area contributed by atoms with Gasteiger partial charge in [-0.1, -0.05) is 43.1 Å². The molecule has 1 fully saturated rings. The topological polar surface area (TPSA) is 6.48 Å². The van der Waals surface area contributed by atoms with Crippen LogP contribution in [0, 0.1) is 11.8 Å². The van der Waals surface area contributed by atoms with Gasteiger partial charge in [0.05, 0.1) is 6.04 Å². The van der Waals surface area contributed by atoms with Crippen molar-refractivity contribution in [2.75, 3.05) is 33.2 Å². The molecule has 2 nitrogen and oxygen atoms in total. The third-order valence-electron chi connectivity index (χ3n) is 3.63. The fraction of sp³-hybridized carbons (Fsp3) is 0.647. The van der Waals surface area contributed by atoms with Crippen molar-refractivity contribution in [3.8, 4) is 11.8 Å². The summed E-state index contributed by atoms with van der Waals surface area (Å²) in [6.45, 7) is 10.8. The third kappa shape index (κ3) is 5.63. The van der Waals surface area contributed by atoms with E-state index >= 15 is 0 Å². The first-order valence-electron chi connectivity index (χ1n) is 7.39. The summed E-state index contributed by atoms with van der Waals surface area (Å²) in [5.74, 6) is 6.41. The average molecular weight is 260 g/mol. The first-order chi connectivity index (χ1) is 9.21. The quantitative estimate of drug-likeness (QED) is 0.554. The molecule has 0 aromatic heterocycles. The van der Waals surface area contributed by atoms with Crippen molar-refractivity contribution < 1.29 is 0 Å². The Kier molecular flexibility index (Phi) is 7.55. The lowest BCUT2D eigenvalue weighted by atomic mass is 10.1. The van der Waals surface area contributed by atoms with Crippen LogP contribution in [0.4, 0.5) is 0 Å². The standard InChI is InChI=1S/C17H28N2/c1-5-8-16(7-3)10-11-17(9-6-2)19-14-12-18(4)13-15-19/h7,10-11,17H,5,8,12-15H2,1-4H3/b11-10-,16-7+. The molecule has 19 heavy (non-hydrogen) atoms. The van der Waals surface area contributed by atoms with Crippen molar-refractivity contribution in [1.82, 2.24) is 9.80 Å². The van der Waals surface area contributed by atoms with Gasteiger partial charge in [0, 0.05) is 26.2 Å². The van der Waals surface area contributed by atoms with Gasteiger partial charge in [0.25, 0.3) is 0 Å². The molecule has 0 aliphatic carbocycles. The number of allylic oxidation sites excluding steroid dienone is 3. The van der Waals surface area contributed by atoms with E-state index in [1.807, 2.05) is 6.92 Å². The normalized spacial score (nSPS) is 20.3. The number of nitrogens with zero attached hydrogens (tertiary/aromatic N) is 2. The number of rotatable bonds is 5. The maximum absolute atomic E-state index is 3.33. The number of hydrogen-bond acceptors (Lipinski definition) is 2. The van der Waals surface area contributed by atoms with Crippen molar-refractivity contribution >= 4 is 0 Å². The van der Waals surface area contributed by atoms with Crippen LogP contribution in [0.25, 0.3) is 0 Å². The van der Waals surface area contributed by atoms with Gasteiger partial charge in [0.1, 0.15) is 0 Å². The van der Waals surface area contributed by atoms with Gasteiger partial charge in [-0.2, -0.15) is 0 Å². The highest BCUT2D eigenvalue weighted by Crippen LogP contribution is 2.10. The molecule has 1 heterocycles. The van der Waals surface area contributed by atoms with Gasteiger partial charge < -0.3 is 4.90 Å². The Morgan fingerprint density at radius 3 is 2.47 bits per heavy atom. The SMILES string of the molecule is CC#CC(/C=C\C(=C\C)CCC)N1CCN(C)CC1. The first kappa shape index (κ1) is 16.0. The smallest absolute Gasteiger partial charge is 0.0904 e. The molecular formula is C17H28N2. The average Bonchev–Trinajstić information content (AvgIpc) is 2.43. The van der Waals surface area contributed by atoms with E-state index in [2.05, 4.69) is 60.8 Å². The van der Waals surface area contributed by atoms with Crippen LogP contribution < -0.4 is 0 Å². The summed E-state index contributed by atoms with van der Waals surface area (Å²) in [5.41, 5.74) is 1.42. The molecule has 0 bridgehead atoms. The van der Waals surface area contributed by atoms with Crippen LogP contribution in [0.2, 0.25) is 0 Å². The Morgan fingerprint density at radius 1 is 1.26 bits per heavy atom. The predicted octanol–water partition coefficient (Wildman–Crippen LogP) is 2.93. The Hall–Kier alpha value is -1.04. The summed E-state index contributed by atoms with van der Waals surface area (Å²) in [6, 6.07) is 0.269. The molecule has 0 N–H and O–H groups in total. The second kappa shape index (κ2) is 8.96. The molecule has 1 aliphatic heterocycles. The minimum atomic E-state index is 0.269. The minimum absolute atomic E-state index is 0.269. The van der Waals surface area contributed by atoms with E-state index in [4.69, 9.17) is 0 Å². The fourth-order valence-electron chi connectivity index (χ4n) is 2.34. The second-order valence-corrected chi connectivity index (χ2v) is 5.15. The molecule has 0 spiro atoms. The largest absolute Gasteiger partial charge is 0.304 e. The van der Waals surface area contributed by atoms with E-state index in [-0.39, 0.29) is 6.04 Å². The lowest BCUT2D eigenvalue weighted by Gasteiger charge is -2.34. The minimum Gasteiger partial charge on any atom is -0.304 e. The summed E-state index contributed by atoms with van der Waals surface area (Å²) in [6.07, 6.45) is 9.09. The molecule has 0 radical (unpaired) electrons. The molecular weight excluding hydrogens is 232 g/mol. The highest BCUT2D eigenvalue weighted by molar-refractivity contribution is 5.24. The third-order valence-corrected chi connectivity index (χ3v) is 3.63. The molecule has 1 saturated heterocycles. The Bertz CT molecular complexity index is 362. The molecule has 1 aliphatic rings. The monoisotopic (exact) mass is 260 g/mol. The molecule has 0 saturated carbocycles. The zero-order valence-electron chi connectivity index (χ0n) is 12.9. The van der Waals surface area contributed by atoms with Gasteiger partial charge in [-0.05, 0) is 27.3 Å². The van der Waals surface area contributed by atoms with Gasteiger partial charge >= 0.3 is 0 Å². The van der Waals surface area contributed by atoms with Crippen LogP contribution in [0.1, 0.15) is 33.6 Å². The maximum atomic E-state index is 3.33. The Labute approximate surface area is 119 Å². The van der Waals surface area contributed by atoms with E-state index in [0.717, 1.165) is 32.6 Å². The lowest BCUT2D eigenvalue weighted by Crippen LogP contribution is -2.48. The molecule has 2 heteroatoms.